The molecule has 8 nitrogen and oxygen atoms in total. The number of H-pyrrole nitrogens is 1. The molecule has 3 rings (SSSR count). The highest BCUT2D eigenvalue weighted by atomic mass is 16.3. The molecular formula is C16H14N4O4. The first-order valence-corrected chi connectivity index (χ1v) is 7.17. The molecule has 0 unspecified atom stereocenters. The molecular weight excluding hydrogens is 312 g/mol. The van der Waals surface area contributed by atoms with Crippen LogP contribution < -0.4 is 16.6 Å². The minimum absolute atomic E-state index is 0.0507. The minimum atomic E-state index is -0.682. The molecule has 0 fully saturated rings. The molecule has 122 valence electrons. The van der Waals surface area contributed by atoms with Crippen molar-refractivity contribution in [1.29, 1.82) is 0 Å². The first kappa shape index (κ1) is 15.5. The van der Waals surface area contributed by atoms with E-state index in [-0.39, 0.29) is 18.7 Å². The molecule has 0 aliphatic heterocycles. The number of aromatic nitrogens is 3. The second-order valence-electron chi connectivity index (χ2n) is 5.02. The molecule has 3 heterocycles. The Balaban J connectivity index is 1.81. The number of carbonyl (C=O) groups excluding carboxylic acids is 1. The van der Waals surface area contributed by atoms with Gasteiger partial charge in [0.15, 0.2) is 0 Å². The molecule has 0 aliphatic carbocycles. The van der Waals surface area contributed by atoms with Crippen molar-refractivity contribution < 1.29 is 9.21 Å². The zero-order chi connectivity index (χ0) is 16.9. The van der Waals surface area contributed by atoms with Gasteiger partial charge in [0, 0.05) is 25.1 Å². The van der Waals surface area contributed by atoms with Gasteiger partial charge in [-0.05, 0) is 23.8 Å². The Bertz CT molecular complexity index is 942. The highest BCUT2D eigenvalue weighted by molar-refractivity contribution is 5.93. The van der Waals surface area contributed by atoms with Gasteiger partial charge < -0.3 is 14.7 Å². The Morgan fingerprint density at radius 1 is 1.29 bits per heavy atom. The molecule has 1 amide bonds. The molecule has 8 heteroatoms. The fourth-order valence-electron chi connectivity index (χ4n) is 2.16. The summed E-state index contributed by atoms with van der Waals surface area (Å²) in [5.41, 5.74) is -0.643. The van der Waals surface area contributed by atoms with Crippen LogP contribution in [0.1, 0.15) is 21.7 Å². The van der Waals surface area contributed by atoms with Crippen molar-refractivity contribution in [3.63, 3.8) is 0 Å². The number of nitrogens with one attached hydrogen (secondary N) is 2. The number of nitrogens with zero attached hydrogens (tertiary/aromatic N) is 2. The molecule has 0 aliphatic rings. The largest absolute Gasteiger partial charge is 0.467 e. The smallest absolute Gasteiger partial charge is 0.328 e. The normalized spacial score (nSPS) is 10.5. The first-order valence-electron chi connectivity index (χ1n) is 7.17. The first-order chi connectivity index (χ1) is 11.6. The van der Waals surface area contributed by atoms with Crippen molar-refractivity contribution in [3.05, 3.63) is 86.8 Å². The van der Waals surface area contributed by atoms with Gasteiger partial charge in [-0.1, -0.05) is 6.07 Å². The Labute approximate surface area is 135 Å². The summed E-state index contributed by atoms with van der Waals surface area (Å²) in [5, 5.41) is 2.62. The number of hydrogen-bond acceptors (Lipinski definition) is 5. The van der Waals surface area contributed by atoms with Crippen LogP contribution in [0, 0.1) is 0 Å². The summed E-state index contributed by atoms with van der Waals surface area (Å²) in [6.45, 7) is 0.175. The summed E-state index contributed by atoms with van der Waals surface area (Å²) in [6, 6.07) is 6.84. The number of amides is 1. The highest BCUT2D eigenvalue weighted by Gasteiger charge is 2.15. The third-order valence-corrected chi connectivity index (χ3v) is 3.38. The number of rotatable bonds is 5. The SMILES string of the molecule is O=C(NCc1cccnc1)c1c[nH]c(=O)n(Cc2ccco2)c1=O. The fourth-order valence-corrected chi connectivity index (χ4v) is 2.16. The standard InChI is InChI=1S/C16H14N4O4/c21-14(18-8-11-3-1-5-17-7-11)13-9-19-16(23)20(15(13)22)10-12-4-2-6-24-12/h1-7,9H,8,10H2,(H,18,21)(H,19,23). The lowest BCUT2D eigenvalue weighted by molar-refractivity contribution is 0.0948. The van der Waals surface area contributed by atoms with Crippen LogP contribution in [-0.4, -0.2) is 20.4 Å². The van der Waals surface area contributed by atoms with Crippen molar-refractivity contribution in [2.75, 3.05) is 0 Å². The number of aromatic amines is 1. The van der Waals surface area contributed by atoms with Gasteiger partial charge >= 0.3 is 5.69 Å². The molecule has 2 N–H and O–H groups in total. The average molecular weight is 326 g/mol. The molecule has 0 spiro atoms. The molecule has 0 saturated carbocycles. The Hall–Kier alpha value is -3.42. The zero-order valence-corrected chi connectivity index (χ0v) is 12.6. The molecule has 0 atom stereocenters. The maximum atomic E-state index is 12.4. The van der Waals surface area contributed by atoms with Gasteiger partial charge in [-0.3, -0.25) is 19.1 Å². The van der Waals surface area contributed by atoms with Crippen molar-refractivity contribution >= 4 is 5.91 Å². The van der Waals surface area contributed by atoms with E-state index in [9.17, 15) is 14.4 Å². The van der Waals surface area contributed by atoms with E-state index in [0.29, 0.717) is 5.76 Å². The molecule has 24 heavy (non-hydrogen) atoms. The van der Waals surface area contributed by atoms with Gasteiger partial charge in [-0.2, -0.15) is 0 Å². The maximum absolute atomic E-state index is 12.4. The van der Waals surface area contributed by atoms with Crippen LogP contribution in [-0.2, 0) is 13.1 Å². The van der Waals surface area contributed by atoms with Gasteiger partial charge in [0.2, 0.25) is 0 Å². The molecule has 0 saturated heterocycles. The van der Waals surface area contributed by atoms with Crippen LogP contribution in [0.25, 0.3) is 0 Å². The van der Waals surface area contributed by atoms with Crippen LogP contribution in [0.2, 0.25) is 0 Å². The molecule has 3 aromatic rings. The van der Waals surface area contributed by atoms with Crippen LogP contribution in [0.4, 0.5) is 0 Å². The van der Waals surface area contributed by atoms with E-state index < -0.39 is 17.2 Å². The maximum Gasteiger partial charge on any atom is 0.328 e. The van der Waals surface area contributed by atoms with E-state index in [1.165, 1.54) is 6.26 Å². The summed E-state index contributed by atoms with van der Waals surface area (Å²) in [7, 11) is 0. The lowest BCUT2D eigenvalue weighted by Crippen LogP contribution is -2.40. The van der Waals surface area contributed by atoms with Crippen molar-refractivity contribution in [2.45, 2.75) is 13.1 Å². The second kappa shape index (κ2) is 6.78. The van der Waals surface area contributed by atoms with Gasteiger partial charge in [-0.25, -0.2) is 4.79 Å². The molecule has 3 aromatic heterocycles. The number of hydrogen-bond donors (Lipinski definition) is 2. The number of pyridine rings is 1. The summed E-state index contributed by atoms with van der Waals surface area (Å²) in [4.78, 5) is 42.8. The van der Waals surface area contributed by atoms with E-state index in [2.05, 4.69) is 15.3 Å². The fraction of sp³-hybridized carbons (Fsp3) is 0.125. The summed E-state index contributed by atoms with van der Waals surface area (Å²) >= 11 is 0. The van der Waals surface area contributed by atoms with E-state index in [0.717, 1.165) is 16.3 Å². The highest BCUT2D eigenvalue weighted by Crippen LogP contribution is 2.00. The van der Waals surface area contributed by atoms with Crippen LogP contribution >= 0.6 is 0 Å². The topological polar surface area (TPSA) is 110 Å². The minimum Gasteiger partial charge on any atom is -0.467 e. The Kier molecular flexibility index (Phi) is 4.37. The van der Waals surface area contributed by atoms with Gasteiger partial charge in [0.25, 0.3) is 11.5 Å². The van der Waals surface area contributed by atoms with E-state index in [4.69, 9.17) is 4.42 Å². The molecule has 0 radical (unpaired) electrons. The van der Waals surface area contributed by atoms with Crippen LogP contribution in [0.15, 0.2) is 63.1 Å². The van der Waals surface area contributed by atoms with Gasteiger partial charge in [0.05, 0.1) is 12.8 Å². The number of furan rings is 1. The van der Waals surface area contributed by atoms with E-state index >= 15 is 0 Å². The average Bonchev–Trinajstić information content (AvgIpc) is 3.11. The predicted octanol–water partition coefficient (Wildman–Crippen LogP) is 0.503. The summed E-state index contributed by atoms with van der Waals surface area (Å²) < 4.78 is 6.05. The lowest BCUT2D eigenvalue weighted by Gasteiger charge is -2.07. The molecule has 0 bridgehead atoms. The monoisotopic (exact) mass is 326 g/mol. The van der Waals surface area contributed by atoms with E-state index in [1.54, 1.807) is 36.7 Å². The lowest BCUT2D eigenvalue weighted by atomic mass is 10.2. The third-order valence-electron chi connectivity index (χ3n) is 3.38. The van der Waals surface area contributed by atoms with Crippen molar-refractivity contribution in [3.8, 4) is 0 Å². The summed E-state index contributed by atoms with van der Waals surface area (Å²) in [6.07, 6.45) is 5.80. The van der Waals surface area contributed by atoms with Gasteiger partial charge in [-0.15, -0.1) is 0 Å². The Morgan fingerprint density at radius 2 is 2.17 bits per heavy atom. The van der Waals surface area contributed by atoms with Crippen molar-refractivity contribution in [1.82, 2.24) is 19.9 Å². The Morgan fingerprint density at radius 3 is 2.88 bits per heavy atom. The predicted molar refractivity (Wildman–Crippen MR) is 84.5 cm³/mol. The number of carbonyl (C=O) groups is 1. The van der Waals surface area contributed by atoms with Crippen LogP contribution in [0.3, 0.4) is 0 Å². The second-order valence-corrected chi connectivity index (χ2v) is 5.02. The van der Waals surface area contributed by atoms with Crippen LogP contribution in [0.5, 0.6) is 0 Å². The quantitative estimate of drug-likeness (QED) is 0.709. The molecule has 0 aromatic carbocycles. The summed E-state index contributed by atoms with van der Waals surface area (Å²) in [5.74, 6) is -0.135. The van der Waals surface area contributed by atoms with Gasteiger partial charge in [0.1, 0.15) is 11.3 Å². The van der Waals surface area contributed by atoms with Crippen molar-refractivity contribution in [2.24, 2.45) is 0 Å². The third kappa shape index (κ3) is 3.32. The zero-order valence-electron chi connectivity index (χ0n) is 12.6. The van der Waals surface area contributed by atoms with E-state index in [1.807, 2.05) is 0 Å².